The Morgan fingerprint density at radius 3 is 2.12 bits per heavy atom. The standard InChI is InChI=1S/C25H35N3O4S/c1-4-18-26-25(30)23(5-2)27(20-21-13-8-6-9-14-21)24(29)17-12-19-28(33(3,31)32)22-15-10-7-11-16-22/h6-11,13-16,23H,4-5,12,17-20H2,1-3H3,(H,26,30)/t23-/m1/s1. The molecule has 7 nitrogen and oxygen atoms in total. The fourth-order valence-corrected chi connectivity index (χ4v) is 4.63. The summed E-state index contributed by atoms with van der Waals surface area (Å²) in [5, 5.41) is 2.90. The van der Waals surface area contributed by atoms with E-state index in [0.29, 0.717) is 31.6 Å². The lowest BCUT2D eigenvalue weighted by Gasteiger charge is -2.31. The van der Waals surface area contributed by atoms with Gasteiger partial charge in [0.25, 0.3) is 0 Å². The first-order chi connectivity index (χ1) is 15.8. The number of benzene rings is 2. The molecule has 2 aromatic rings. The normalized spacial score (nSPS) is 12.1. The van der Waals surface area contributed by atoms with Gasteiger partial charge in [0, 0.05) is 26.1 Å². The van der Waals surface area contributed by atoms with Crippen LogP contribution in [0, 0.1) is 0 Å². The molecular formula is C25H35N3O4S. The molecule has 33 heavy (non-hydrogen) atoms. The van der Waals surface area contributed by atoms with Crippen molar-refractivity contribution >= 4 is 27.5 Å². The molecular weight excluding hydrogens is 438 g/mol. The number of carbonyl (C=O) groups excluding carboxylic acids is 2. The molecule has 2 amide bonds. The topological polar surface area (TPSA) is 86.8 Å². The van der Waals surface area contributed by atoms with Gasteiger partial charge in [-0.15, -0.1) is 0 Å². The zero-order valence-corrected chi connectivity index (χ0v) is 20.6. The molecule has 0 spiro atoms. The van der Waals surface area contributed by atoms with Crippen LogP contribution in [0.3, 0.4) is 0 Å². The third kappa shape index (κ3) is 8.20. The maximum absolute atomic E-state index is 13.3. The van der Waals surface area contributed by atoms with E-state index < -0.39 is 16.1 Å². The maximum Gasteiger partial charge on any atom is 0.242 e. The van der Waals surface area contributed by atoms with Gasteiger partial charge in [-0.25, -0.2) is 8.42 Å². The van der Waals surface area contributed by atoms with Crippen molar-refractivity contribution in [3.8, 4) is 0 Å². The minimum atomic E-state index is -3.49. The number of carbonyl (C=O) groups is 2. The van der Waals surface area contributed by atoms with Crippen LogP contribution in [0.1, 0.15) is 45.1 Å². The first kappa shape index (κ1) is 26.4. The van der Waals surface area contributed by atoms with Crippen molar-refractivity contribution in [2.75, 3.05) is 23.7 Å². The molecule has 0 radical (unpaired) electrons. The van der Waals surface area contributed by atoms with Gasteiger partial charge in [0.1, 0.15) is 6.04 Å². The molecule has 0 aliphatic carbocycles. The molecule has 8 heteroatoms. The van der Waals surface area contributed by atoms with E-state index >= 15 is 0 Å². The highest BCUT2D eigenvalue weighted by atomic mass is 32.2. The zero-order valence-electron chi connectivity index (χ0n) is 19.7. The van der Waals surface area contributed by atoms with Crippen molar-refractivity contribution in [2.45, 2.75) is 52.1 Å². The first-order valence-corrected chi connectivity index (χ1v) is 13.3. The smallest absolute Gasteiger partial charge is 0.242 e. The van der Waals surface area contributed by atoms with E-state index in [1.807, 2.05) is 50.2 Å². The Hall–Kier alpha value is -2.87. The van der Waals surface area contributed by atoms with E-state index in [-0.39, 0.29) is 24.8 Å². The van der Waals surface area contributed by atoms with Crippen LogP contribution in [-0.4, -0.2) is 50.5 Å². The van der Waals surface area contributed by atoms with Gasteiger partial charge in [-0.1, -0.05) is 62.4 Å². The SMILES string of the molecule is CCCNC(=O)[C@@H](CC)N(Cc1ccccc1)C(=O)CCCN(c1ccccc1)S(C)(=O)=O. The lowest BCUT2D eigenvalue weighted by Crippen LogP contribution is -2.49. The Morgan fingerprint density at radius 2 is 1.58 bits per heavy atom. The molecule has 0 bridgehead atoms. The van der Waals surface area contributed by atoms with E-state index in [2.05, 4.69) is 5.32 Å². The third-order valence-electron chi connectivity index (χ3n) is 5.33. The van der Waals surface area contributed by atoms with Gasteiger partial charge >= 0.3 is 0 Å². The van der Waals surface area contributed by atoms with Crippen molar-refractivity contribution < 1.29 is 18.0 Å². The molecule has 2 rings (SSSR count). The average molecular weight is 474 g/mol. The third-order valence-corrected chi connectivity index (χ3v) is 6.52. The summed E-state index contributed by atoms with van der Waals surface area (Å²) in [6.07, 6.45) is 2.96. The number of nitrogens with one attached hydrogen (secondary N) is 1. The minimum absolute atomic E-state index is 0.142. The molecule has 0 aromatic heterocycles. The van der Waals surface area contributed by atoms with E-state index in [0.717, 1.165) is 18.2 Å². The average Bonchev–Trinajstić information content (AvgIpc) is 2.80. The molecule has 1 N–H and O–H groups in total. The highest BCUT2D eigenvalue weighted by molar-refractivity contribution is 7.92. The number of rotatable bonds is 13. The fraction of sp³-hybridized carbons (Fsp3) is 0.440. The van der Waals surface area contributed by atoms with Crippen molar-refractivity contribution in [1.29, 1.82) is 0 Å². The van der Waals surface area contributed by atoms with Crippen LogP contribution < -0.4 is 9.62 Å². The summed E-state index contributed by atoms with van der Waals surface area (Å²) in [5.74, 6) is -0.329. The molecule has 0 fully saturated rings. The Bertz CT molecular complexity index is 981. The second-order valence-corrected chi connectivity index (χ2v) is 9.90. The first-order valence-electron chi connectivity index (χ1n) is 11.4. The number of para-hydroxylation sites is 1. The van der Waals surface area contributed by atoms with Crippen molar-refractivity contribution in [1.82, 2.24) is 10.2 Å². The summed E-state index contributed by atoms with van der Waals surface area (Å²) >= 11 is 0. The summed E-state index contributed by atoms with van der Waals surface area (Å²) in [6.45, 7) is 4.94. The minimum Gasteiger partial charge on any atom is -0.354 e. The van der Waals surface area contributed by atoms with Gasteiger partial charge in [0.05, 0.1) is 11.9 Å². The molecule has 0 heterocycles. The largest absolute Gasteiger partial charge is 0.354 e. The second-order valence-electron chi connectivity index (χ2n) is 8.00. The van der Waals surface area contributed by atoms with E-state index in [1.165, 1.54) is 4.31 Å². The fourth-order valence-electron chi connectivity index (χ4n) is 3.66. The van der Waals surface area contributed by atoms with Gasteiger partial charge in [0.15, 0.2) is 0 Å². The van der Waals surface area contributed by atoms with E-state index in [1.54, 1.807) is 29.2 Å². The molecule has 0 saturated carbocycles. The number of hydrogen-bond donors (Lipinski definition) is 1. The summed E-state index contributed by atoms with van der Waals surface area (Å²) in [7, 11) is -3.49. The summed E-state index contributed by atoms with van der Waals surface area (Å²) in [6, 6.07) is 17.8. The lowest BCUT2D eigenvalue weighted by molar-refractivity contribution is -0.141. The van der Waals surface area contributed by atoms with Gasteiger partial charge in [-0.2, -0.15) is 0 Å². The van der Waals surface area contributed by atoms with Crippen LogP contribution >= 0.6 is 0 Å². The molecule has 0 aliphatic rings. The van der Waals surface area contributed by atoms with Crippen LogP contribution in [0.2, 0.25) is 0 Å². The number of amides is 2. The molecule has 180 valence electrons. The molecule has 2 aromatic carbocycles. The van der Waals surface area contributed by atoms with Crippen molar-refractivity contribution in [3.05, 3.63) is 66.2 Å². The molecule has 1 atom stereocenters. The predicted octanol–water partition coefficient (Wildman–Crippen LogP) is 3.57. The lowest BCUT2D eigenvalue weighted by atomic mass is 10.1. The maximum atomic E-state index is 13.3. The van der Waals surface area contributed by atoms with Crippen LogP contribution in [-0.2, 0) is 26.2 Å². The van der Waals surface area contributed by atoms with Crippen molar-refractivity contribution in [3.63, 3.8) is 0 Å². The van der Waals surface area contributed by atoms with Gasteiger partial charge in [-0.3, -0.25) is 13.9 Å². The Labute approximate surface area is 197 Å². The molecule has 0 saturated heterocycles. The Balaban J connectivity index is 2.15. The van der Waals surface area contributed by atoms with Gasteiger partial charge < -0.3 is 10.2 Å². The number of nitrogens with zero attached hydrogens (tertiary/aromatic N) is 2. The summed E-state index contributed by atoms with van der Waals surface area (Å²) in [5.41, 5.74) is 1.51. The van der Waals surface area contributed by atoms with Gasteiger partial charge in [0.2, 0.25) is 21.8 Å². The van der Waals surface area contributed by atoms with Crippen molar-refractivity contribution in [2.24, 2.45) is 0 Å². The number of anilines is 1. The second kappa shape index (κ2) is 13.0. The highest BCUT2D eigenvalue weighted by Gasteiger charge is 2.28. The van der Waals surface area contributed by atoms with E-state index in [4.69, 9.17) is 0 Å². The quantitative estimate of drug-likeness (QED) is 0.482. The van der Waals surface area contributed by atoms with Gasteiger partial charge in [-0.05, 0) is 37.0 Å². The summed E-state index contributed by atoms with van der Waals surface area (Å²) in [4.78, 5) is 27.7. The monoisotopic (exact) mass is 473 g/mol. The predicted molar refractivity (Wildman–Crippen MR) is 132 cm³/mol. The van der Waals surface area contributed by atoms with Crippen LogP contribution in [0.15, 0.2) is 60.7 Å². The summed E-state index contributed by atoms with van der Waals surface area (Å²) < 4.78 is 25.9. The molecule has 0 unspecified atom stereocenters. The molecule has 0 aliphatic heterocycles. The van der Waals surface area contributed by atoms with Crippen LogP contribution in [0.25, 0.3) is 0 Å². The van der Waals surface area contributed by atoms with E-state index in [9.17, 15) is 18.0 Å². The number of hydrogen-bond acceptors (Lipinski definition) is 4. The van der Waals surface area contributed by atoms with Crippen LogP contribution in [0.5, 0.6) is 0 Å². The van der Waals surface area contributed by atoms with Crippen LogP contribution in [0.4, 0.5) is 5.69 Å². The zero-order chi connectivity index (χ0) is 24.3. The Morgan fingerprint density at radius 1 is 0.970 bits per heavy atom. The Kier molecular flexibility index (Phi) is 10.4. The highest BCUT2D eigenvalue weighted by Crippen LogP contribution is 2.19. The number of sulfonamides is 1.